The number of aromatic amines is 1. The molecule has 1 heterocycles. The van der Waals surface area contributed by atoms with Crippen LogP contribution in [0.1, 0.15) is 0 Å². The molecule has 0 unspecified atom stereocenters. The molecule has 1 aromatic heterocycles. The molecule has 0 radical (unpaired) electrons. The maximum Gasteiger partial charge on any atom is 0.234 e. The van der Waals surface area contributed by atoms with E-state index in [0.717, 1.165) is 0 Å². The van der Waals surface area contributed by atoms with Crippen LogP contribution in [0.15, 0.2) is 23.4 Å². The summed E-state index contributed by atoms with van der Waals surface area (Å²) in [6, 6.07) is 5.16. The number of rotatable bonds is 6. The van der Waals surface area contributed by atoms with Crippen LogP contribution in [-0.4, -0.2) is 41.1 Å². The van der Waals surface area contributed by atoms with Crippen LogP contribution in [0.4, 0.5) is 11.6 Å². The van der Waals surface area contributed by atoms with Crippen LogP contribution < -0.4 is 20.5 Å². The first-order valence-electron chi connectivity index (χ1n) is 5.95. The number of nitrogen functional groups attached to an aromatic ring is 1. The van der Waals surface area contributed by atoms with Gasteiger partial charge in [0.25, 0.3) is 0 Å². The van der Waals surface area contributed by atoms with Crippen molar-refractivity contribution in [2.75, 3.05) is 31.0 Å². The number of benzene rings is 1. The molecule has 1 amide bonds. The second-order valence-corrected chi connectivity index (χ2v) is 4.85. The molecule has 0 aliphatic carbocycles. The van der Waals surface area contributed by atoms with Gasteiger partial charge in [-0.25, -0.2) is 5.10 Å². The number of carbonyl (C=O) groups is 1. The van der Waals surface area contributed by atoms with Crippen LogP contribution in [-0.2, 0) is 4.79 Å². The first-order chi connectivity index (χ1) is 10.1. The molecule has 0 saturated heterocycles. The number of nitrogens with one attached hydrogen (secondary N) is 2. The van der Waals surface area contributed by atoms with Gasteiger partial charge < -0.3 is 20.5 Å². The number of H-pyrrole nitrogens is 1. The molecule has 0 bridgehead atoms. The van der Waals surface area contributed by atoms with Crippen molar-refractivity contribution in [2.45, 2.75) is 5.16 Å². The Hall–Kier alpha value is -2.42. The van der Waals surface area contributed by atoms with Crippen molar-refractivity contribution in [2.24, 2.45) is 0 Å². The molecule has 0 spiro atoms. The third kappa shape index (κ3) is 4.02. The summed E-state index contributed by atoms with van der Waals surface area (Å²) in [6.45, 7) is 0. The molecule has 112 valence electrons. The normalized spacial score (nSPS) is 10.2. The Balaban J connectivity index is 1.98. The summed E-state index contributed by atoms with van der Waals surface area (Å²) in [5, 5.41) is 9.50. The average molecular weight is 309 g/mol. The monoisotopic (exact) mass is 309 g/mol. The highest BCUT2D eigenvalue weighted by Gasteiger charge is 2.11. The first-order valence-corrected chi connectivity index (χ1v) is 6.93. The summed E-state index contributed by atoms with van der Waals surface area (Å²) >= 11 is 1.17. The van der Waals surface area contributed by atoms with Gasteiger partial charge in [0.05, 0.1) is 25.7 Å². The Bertz CT molecular complexity index is 631. The number of aromatic nitrogens is 3. The number of carbonyl (C=O) groups excluding carboxylic acids is 1. The summed E-state index contributed by atoms with van der Waals surface area (Å²) in [5.74, 6) is 1.33. The predicted molar refractivity (Wildman–Crippen MR) is 79.7 cm³/mol. The number of ether oxygens (including phenoxy) is 2. The average Bonchev–Trinajstić information content (AvgIpc) is 2.90. The van der Waals surface area contributed by atoms with Crippen molar-refractivity contribution >= 4 is 29.3 Å². The molecule has 8 nitrogen and oxygen atoms in total. The lowest BCUT2D eigenvalue weighted by molar-refractivity contribution is -0.113. The van der Waals surface area contributed by atoms with E-state index < -0.39 is 0 Å². The van der Waals surface area contributed by atoms with Gasteiger partial charge in [0.15, 0.2) is 0 Å². The quantitative estimate of drug-likeness (QED) is 0.685. The summed E-state index contributed by atoms with van der Waals surface area (Å²) in [6.07, 6.45) is 0. The summed E-state index contributed by atoms with van der Waals surface area (Å²) < 4.78 is 10.3. The fourth-order valence-corrected chi connectivity index (χ4v) is 2.16. The van der Waals surface area contributed by atoms with Gasteiger partial charge in [0, 0.05) is 6.07 Å². The number of hydrogen-bond donors (Lipinski definition) is 3. The maximum atomic E-state index is 11.9. The van der Waals surface area contributed by atoms with Gasteiger partial charge in [0.1, 0.15) is 11.5 Å². The van der Waals surface area contributed by atoms with Crippen LogP contribution in [0.2, 0.25) is 0 Å². The number of methoxy groups -OCH3 is 2. The lowest BCUT2D eigenvalue weighted by Crippen LogP contribution is -2.15. The highest BCUT2D eigenvalue weighted by Crippen LogP contribution is 2.29. The highest BCUT2D eigenvalue weighted by atomic mass is 32.2. The molecule has 2 rings (SSSR count). The zero-order valence-corrected chi connectivity index (χ0v) is 12.4. The van der Waals surface area contributed by atoms with E-state index in [1.165, 1.54) is 18.9 Å². The van der Waals surface area contributed by atoms with Crippen LogP contribution in [0.25, 0.3) is 0 Å². The molecule has 0 saturated carbocycles. The molecular weight excluding hydrogens is 294 g/mol. The van der Waals surface area contributed by atoms with E-state index >= 15 is 0 Å². The number of anilines is 2. The zero-order chi connectivity index (χ0) is 15.2. The van der Waals surface area contributed by atoms with E-state index in [0.29, 0.717) is 22.3 Å². The van der Waals surface area contributed by atoms with Crippen molar-refractivity contribution < 1.29 is 14.3 Å². The third-order valence-corrected chi connectivity index (χ3v) is 3.34. The SMILES string of the molecule is COc1ccc(OC)c(NC(=O)CSc2n[nH]c(N)n2)c1. The van der Waals surface area contributed by atoms with E-state index in [4.69, 9.17) is 15.2 Å². The van der Waals surface area contributed by atoms with Gasteiger partial charge >= 0.3 is 0 Å². The Morgan fingerprint density at radius 1 is 1.43 bits per heavy atom. The Morgan fingerprint density at radius 2 is 2.24 bits per heavy atom. The van der Waals surface area contributed by atoms with Gasteiger partial charge in [-0.3, -0.25) is 4.79 Å². The number of amides is 1. The standard InChI is InChI=1S/C12H15N5O3S/c1-19-7-3-4-9(20-2)8(5-7)14-10(18)6-21-12-15-11(13)16-17-12/h3-5H,6H2,1-2H3,(H,14,18)(H3,13,15,16,17). The van der Waals surface area contributed by atoms with E-state index in [9.17, 15) is 4.79 Å². The molecule has 9 heteroatoms. The smallest absolute Gasteiger partial charge is 0.234 e. The fraction of sp³-hybridized carbons (Fsp3) is 0.250. The van der Waals surface area contributed by atoms with Crippen molar-refractivity contribution in [1.29, 1.82) is 0 Å². The molecule has 0 atom stereocenters. The summed E-state index contributed by atoms with van der Waals surface area (Å²) in [5.41, 5.74) is 5.94. The summed E-state index contributed by atoms with van der Waals surface area (Å²) in [4.78, 5) is 15.8. The number of nitrogens with zero attached hydrogens (tertiary/aromatic N) is 2. The van der Waals surface area contributed by atoms with Gasteiger partial charge in [-0.05, 0) is 12.1 Å². The van der Waals surface area contributed by atoms with Gasteiger partial charge in [0.2, 0.25) is 17.0 Å². The number of nitrogens with two attached hydrogens (primary N) is 1. The largest absolute Gasteiger partial charge is 0.497 e. The zero-order valence-electron chi connectivity index (χ0n) is 11.5. The third-order valence-electron chi connectivity index (χ3n) is 2.50. The lowest BCUT2D eigenvalue weighted by atomic mass is 10.2. The Morgan fingerprint density at radius 3 is 2.86 bits per heavy atom. The summed E-state index contributed by atoms with van der Waals surface area (Å²) in [7, 11) is 3.08. The van der Waals surface area contributed by atoms with E-state index in [-0.39, 0.29) is 17.6 Å². The van der Waals surface area contributed by atoms with Crippen LogP contribution in [0.3, 0.4) is 0 Å². The Labute approximate surface area is 125 Å². The lowest BCUT2D eigenvalue weighted by Gasteiger charge is -2.11. The molecule has 4 N–H and O–H groups in total. The van der Waals surface area contributed by atoms with Crippen molar-refractivity contribution in [3.05, 3.63) is 18.2 Å². The highest BCUT2D eigenvalue weighted by molar-refractivity contribution is 7.99. The fourth-order valence-electron chi connectivity index (χ4n) is 1.55. The molecule has 21 heavy (non-hydrogen) atoms. The van der Waals surface area contributed by atoms with Crippen LogP contribution in [0.5, 0.6) is 11.5 Å². The van der Waals surface area contributed by atoms with E-state index in [1.807, 2.05) is 0 Å². The predicted octanol–water partition coefficient (Wildman–Crippen LogP) is 1.13. The van der Waals surface area contributed by atoms with Gasteiger partial charge in [-0.1, -0.05) is 11.8 Å². The number of hydrogen-bond acceptors (Lipinski definition) is 7. The number of thioether (sulfide) groups is 1. The molecule has 1 aromatic carbocycles. The topological polar surface area (TPSA) is 115 Å². The molecule has 0 fully saturated rings. The molecular formula is C12H15N5O3S. The van der Waals surface area contributed by atoms with Gasteiger partial charge in [-0.2, -0.15) is 4.98 Å². The van der Waals surface area contributed by atoms with Crippen molar-refractivity contribution in [3.8, 4) is 11.5 Å². The second kappa shape index (κ2) is 6.84. The minimum atomic E-state index is -0.213. The maximum absolute atomic E-state index is 11.9. The Kier molecular flexibility index (Phi) is 4.88. The van der Waals surface area contributed by atoms with E-state index in [2.05, 4.69) is 20.5 Å². The molecule has 0 aliphatic heterocycles. The van der Waals surface area contributed by atoms with Gasteiger partial charge in [-0.15, -0.1) is 5.10 Å². The molecule has 0 aliphatic rings. The second-order valence-electron chi connectivity index (χ2n) is 3.91. The molecule has 2 aromatic rings. The minimum absolute atomic E-state index is 0.150. The van der Waals surface area contributed by atoms with Crippen molar-refractivity contribution in [1.82, 2.24) is 15.2 Å². The van der Waals surface area contributed by atoms with E-state index in [1.54, 1.807) is 25.3 Å². The van der Waals surface area contributed by atoms with Crippen LogP contribution in [0, 0.1) is 0 Å². The van der Waals surface area contributed by atoms with Crippen LogP contribution >= 0.6 is 11.8 Å². The van der Waals surface area contributed by atoms with Crippen molar-refractivity contribution in [3.63, 3.8) is 0 Å². The minimum Gasteiger partial charge on any atom is -0.497 e. The first kappa shape index (κ1) is 15.0.